The molecule has 9 heteroatoms. The molecule has 2 rings (SSSR count). The van der Waals surface area contributed by atoms with Gasteiger partial charge in [0.1, 0.15) is 10.7 Å². The van der Waals surface area contributed by atoms with Crippen LogP contribution in [-0.2, 0) is 22.4 Å². The minimum Gasteiger partial charge on any atom is -0.248 e. The number of thiazole rings is 1. The van der Waals surface area contributed by atoms with Crippen molar-refractivity contribution in [2.45, 2.75) is 17.3 Å². The van der Waals surface area contributed by atoms with Crippen molar-refractivity contribution >= 4 is 44.6 Å². The minimum absolute atomic E-state index is 0.0461. The zero-order chi connectivity index (χ0) is 15.6. The highest BCUT2D eigenvalue weighted by molar-refractivity contribution is 7.89. The monoisotopic (exact) mass is 368 g/mol. The molecule has 114 valence electrons. The molecule has 2 aromatic rings. The summed E-state index contributed by atoms with van der Waals surface area (Å²) in [4.78, 5) is 3.53. The molecule has 4 nitrogen and oxygen atoms in total. The zero-order valence-corrected chi connectivity index (χ0v) is 14.0. The van der Waals surface area contributed by atoms with E-state index in [2.05, 4.69) is 4.98 Å². The van der Waals surface area contributed by atoms with Crippen molar-refractivity contribution in [2.24, 2.45) is 0 Å². The number of hydrogen-bond acceptors (Lipinski definition) is 4. The number of benzene rings is 1. The third-order valence-corrected chi connectivity index (χ3v) is 5.72. The van der Waals surface area contributed by atoms with E-state index in [9.17, 15) is 12.8 Å². The Labute approximate surface area is 136 Å². The van der Waals surface area contributed by atoms with Crippen molar-refractivity contribution in [1.82, 2.24) is 9.29 Å². The summed E-state index contributed by atoms with van der Waals surface area (Å²) in [6.07, 6.45) is 0. The van der Waals surface area contributed by atoms with Gasteiger partial charge in [-0.3, -0.25) is 0 Å². The lowest BCUT2D eigenvalue weighted by Crippen LogP contribution is -2.27. The van der Waals surface area contributed by atoms with E-state index in [1.165, 1.54) is 24.5 Å². The molecule has 0 radical (unpaired) electrons. The highest BCUT2D eigenvalue weighted by atomic mass is 35.5. The second-order valence-electron chi connectivity index (χ2n) is 4.25. The summed E-state index contributed by atoms with van der Waals surface area (Å²) >= 11 is 12.8. The van der Waals surface area contributed by atoms with Gasteiger partial charge in [-0.2, -0.15) is 4.31 Å². The highest BCUT2D eigenvalue weighted by Crippen LogP contribution is 2.27. The van der Waals surface area contributed by atoms with Gasteiger partial charge in [0.2, 0.25) is 10.0 Å². The normalized spacial score (nSPS) is 12.0. The van der Waals surface area contributed by atoms with Gasteiger partial charge < -0.3 is 0 Å². The summed E-state index contributed by atoms with van der Waals surface area (Å²) in [6.45, 7) is 0.0496. The second kappa shape index (κ2) is 6.58. The van der Waals surface area contributed by atoms with Crippen molar-refractivity contribution in [3.8, 4) is 0 Å². The Morgan fingerprint density at radius 3 is 2.71 bits per heavy atom. The Kier molecular flexibility index (Phi) is 5.21. The fraction of sp³-hybridized carbons (Fsp3) is 0.250. The molecule has 0 bridgehead atoms. The molecule has 0 N–H and O–H groups in total. The number of nitrogens with zero attached hydrogens (tertiary/aromatic N) is 2. The van der Waals surface area contributed by atoms with Crippen molar-refractivity contribution in [3.63, 3.8) is 0 Å². The van der Waals surface area contributed by atoms with Gasteiger partial charge in [0.25, 0.3) is 0 Å². The Morgan fingerprint density at radius 1 is 1.43 bits per heavy atom. The standard InChI is InChI=1S/C12H11Cl2FN2O2S2/c1-17(5-10-6-20-7-16-10)21(18,19)11-3-9(14)2-8(4-13)12(11)15/h2-3,6-7H,4-5H2,1H3. The quantitative estimate of drug-likeness (QED) is 0.758. The molecule has 1 aromatic carbocycles. The van der Waals surface area contributed by atoms with Gasteiger partial charge in [0.15, 0.2) is 0 Å². The van der Waals surface area contributed by atoms with Crippen molar-refractivity contribution < 1.29 is 12.8 Å². The molecule has 0 aliphatic rings. The molecule has 1 heterocycles. The molecule has 0 fully saturated rings. The van der Waals surface area contributed by atoms with E-state index in [-0.39, 0.29) is 23.0 Å². The van der Waals surface area contributed by atoms with E-state index in [4.69, 9.17) is 23.2 Å². The maximum Gasteiger partial charge on any atom is 0.246 e. The van der Waals surface area contributed by atoms with Crippen molar-refractivity contribution in [1.29, 1.82) is 0 Å². The minimum atomic E-state index is -4.02. The third kappa shape index (κ3) is 3.54. The number of halogens is 3. The molecule has 0 atom stereocenters. The summed E-state index contributed by atoms with van der Waals surface area (Å²) in [7, 11) is -2.66. The van der Waals surface area contributed by atoms with Crippen LogP contribution in [0.4, 0.5) is 4.39 Å². The van der Waals surface area contributed by atoms with E-state index in [1.807, 2.05) is 0 Å². The van der Waals surface area contributed by atoms with Crippen molar-refractivity contribution in [3.05, 3.63) is 45.1 Å². The van der Waals surface area contributed by atoms with Crippen LogP contribution in [-0.4, -0.2) is 24.8 Å². The van der Waals surface area contributed by atoms with Gasteiger partial charge in [-0.05, 0) is 12.1 Å². The average molecular weight is 369 g/mol. The molecule has 21 heavy (non-hydrogen) atoms. The Balaban J connectivity index is 2.41. The predicted octanol–water partition coefficient (Wildman–Crippen LogP) is 3.50. The van der Waals surface area contributed by atoms with Crippen LogP contribution >= 0.6 is 34.5 Å². The average Bonchev–Trinajstić information content (AvgIpc) is 2.93. The van der Waals surface area contributed by atoms with Gasteiger partial charge in [-0.15, -0.1) is 22.9 Å². The zero-order valence-electron chi connectivity index (χ0n) is 10.9. The molecule has 0 amide bonds. The van der Waals surface area contributed by atoms with Gasteiger partial charge in [-0.25, -0.2) is 17.8 Å². The van der Waals surface area contributed by atoms with E-state index in [0.717, 1.165) is 10.4 Å². The lowest BCUT2D eigenvalue weighted by Gasteiger charge is -2.17. The number of aromatic nitrogens is 1. The summed E-state index contributed by atoms with van der Waals surface area (Å²) < 4.78 is 40.2. The molecule has 0 aliphatic heterocycles. The summed E-state index contributed by atoms with van der Waals surface area (Å²) in [5.74, 6) is -1.04. The first-order valence-corrected chi connectivity index (χ1v) is 9.03. The van der Waals surface area contributed by atoms with Gasteiger partial charge >= 0.3 is 0 Å². The largest absolute Gasteiger partial charge is 0.248 e. The lowest BCUT2D eigenvalue weighted by atomic mass is 10.2. The van der Waals surface area contributed by atoms with Crippen LogP contribution in [0, 0.1) is 5.82 Å². The molecule has 1 aromatic heterocycles. The van der Waals surface area contributed by atoms with Crippen LogP contribution in [0.1, 0.15) is 11.3 Å². The number of hydrogen-bond donors (Lipinski definition) is 0. The van der Waals surface area contributed by atoms with Gasteiger partial charge in [0.05, 0.1) is 23.6 Å². The van der Waals surface area contributed by atoms with Crippen LogP contribution in [0.25, 0.3) is 0 Å². The first kappa shape index (κ1) is 16.6. The first-order chi connectivity index (χ1) is 9.86. The fourth-order valence-electron chi connectivity index (χ4n) is 1.70. The second-order valence-corrected chi connectivity index (χ2v) is 7.69. The Bertz CT molecular complexity index is 736. The summed E-state index contributed by atoms with van der Waals surface area (Å²) in [5.41, 5.74) is 2.23. The van der Waals surface area contributed by atoms with Crippen molar-refractivity contribution in [2.75, 3.05) is 7.05 Å². The Morgan fingerprint density at radius 2 is 2.14 bits per heavy atom. The molecular weight excluding hydrogens is 358 g/mol. The lowest BCUT2D eigenvalue weighted by molar-refractivity contribution is 0.456. The van der Waals surface area contributed by atoms with Gasteiger partial charge in [-0.1, -0.05) is 11.6 Å². The molecule has 0 unspecified atom stereocenters. The topological polar surface area (TPSA) is 50.3 Å². The summed E-state index contributed by atoms with van der Waals surface area (Å²) in [6, 6.07) is 2.39. The SMILES string of the molecule is CN(Cc1cscn1)S(=O)(=O)c1cc(Cl)cc(CCl)c1F. The molecule has 0 saturated carbocycles. The van der Waals surface area contributed by atoms with Crippen LogP contribution in [0.15, 0.2) is 27.9 Å². The molecule has 0 saturated heterocycles. The highest BCUT2D eigenvalue weighted by Gasteiger charge is 2.27. The van der Waals surface area contributed by atoms with E-state index in [1.54, 1.807) is 10.9 Å². The van der Waals surface area contributed by atoms with Crippen LogP contribution in [0.5, 0.6) is 0 Å². The number of sulfonamides is 1. The van der Waals surface area contributed by atoms with E-state index in [0.29, 0.717) is 5.69 Å². The summed E-state index contributed by atoms with van der Waals surface area (Å²) in [5, 5.41) is 1.84. The molecular formula is C12H11Cl2FN2O2S2. The maximum absolute atomic E-state index is 14.2. The van der Waals surface area contributed by atoms with E-state index >= 15 is 0 Å². The number of alkyl halides is 1. The molecule has 0 spiro atoms. The van der Waals surface area contributed by atoms with Gasteiger partial charge in [0, 0.05) is 23.0 Å². The van der Waals surface area contributed by atoms with E-state index < -0.39 is 20.7 Å². The Hall–Kier alpha value is -0.730. The van der Waals surface area contributed by atoms with Crippen LogP contribution in [0.2, 0.25) is 5.02 Å². The third-order valence-electron chi connectivity index (χ3n) is 2.78. The molecule has 0 aliphatic carbocycles. The fourth-order valence-corrected chi connectivity index (χ4v) is 4.02. The smallest absolute Gasteiger partial charge is 0.246 e. The first-order valence-electron chi connectivity index (χ1n) is 5.73. The van der Waals surface area contributed by atoms with Crippen LogP contribution < -0.4 is 0 Å². The maximum atomic E-state index is 14.2. The predicted molar refractivity (Wildman–Crippen MR) is 81.7 cm³/mol. The van der Waals surface area contributed by atoms with Crippen LogP contribution in [0.3, 0.4) is 0 Å². The number of rotatable bonds is 5.